The summed E-state index contributed by atoms with van der Waals surface area (Å²) in [5.74, 6) is -0.928. The maximum atomic E-state index is 14.4. The van der Waals surface area contributed by atoms with E-state index in [0.717, 1.165) is 6.42 Å². The van der Waals surface area contributed by atoms with Crippen LogP contribution in [0.5, 0.6) is 5.75 Å². The largest absolute Gasteiger partial charge is 0.497 e. The molecule has 9 heteroatoms. The molecule has 36 heavy (non-hydrogen) atoms. The van der Waals surface area contributed by atoms with E-state index in [-0.39, 0.29) is 48.6 Å². The van der Waals surface area contributed by atoms with Gasteiger partial charge in [-0.2, -0.15) is 0 Å². The van der Waals surface area contributed by atoms with Crippen molar-refractivity contribution in [3.8, 4) is 5.75 Å². The van der Waals surface area contributed by atoms with Crippen LogP contribution in [0.4, 0.5) is 5.69 Å². The minimum absolute atomic E-state index is 0.0332. The minimum atomic E-state index is -0.795. The summed E-state index contributed by atoms with van der Waals surface area (Å²) in [6.07, 6.45) is 4.08. The second-order valence-electron chi connectivity index (χ2n) is 9.75. The van der Waals surface area contributed by atoms with Crippen LogP contribution in [0.25, 0.3) is 0 Å². The average Bonchev–Trinajstić information content (AvgIpc) is 3.46. The van der Waals surface area contributed by atoms with Crippen molar-refractivity contribution < 1.29 is 24.2 Å². The lowest BCUT2D eigenvalue weighted by Crippen LogP contribution is -2.57. The number of aliphatic hydroxyl groups is 1. The van der Waals surface area contributed by atoms with Crippen molar-refractivity contribution in [2.75, 3.05) is 45.3 Å². The number of methoxy groups -OCH3 is 1. The minimum Gasteiger partial charge on any atom is -0.497 e. The lowest BCUT2D eigenvalue weighted by Gasteiger charge is -2.40. The highest BCUT2D eigenvalue weighted by Crippen LogP contribution is 2.68. The summed E-state index contributed by atoms with van der Waals surface area (Å²) in [7, 11) is 3.30. The third kappa shape index (κ3) is 3.93. The van der Waals surface area contributed by atoms with Crippen LogP contribution in [0.1, 0.15) is 13.3 Å². The lowest BCUT2D eigenvalue weighted by molar-refractivity contribution is -0.143. The Bertz CT molecular complexity index is 1050. The lowest BCUT2D eigenvalue weighted by atomic mass is 9.65. The molecule has 1 spiro atoms. The first kappa shape index (κ1) is 26.3. The molecule has 2 bridgehead atoms. The van der Waals surface area contributed by atoms with Gasteiger partial charge in [0.25, 0.3) is 5.91 Å². The number of aliphatic hydroxyl groups excluding tert-OH is 1. The van der Waals surface area contributed by atoms with Crippen molar-refractivity contribution in [3.63, 3.8) is 0 Å². The van der Waals surface area contributed by atoms with E-state index in [9.17, 15) is 19.5 Å². The van der Waals surface area contributed by atoms with Crippen LogP contribution < -0.4 is 9.64 Å². The normalized spacial score (nSPS) is 30.2. The molecule has 3 unspecified atom stereocenters. The molecular weight excluding hydrogens is 478 g/mol. The van der Waals surface area contributed by atoms with Crippen LogP contribution in [-0.4, -0.2) is 89.1 Å². The molecule has 0 radical (unpaired) electrons. The van der Waals surface area contributed by atoms with Crippen LogP contribution >= 0.6 is 11.8 Å². The Morgan fingerprint density at radius 3 is 2.47 bits per heavy atom. The molecule has 3 amide bonds. The highest BCUT2D eigenvalue weighted by Gasteiger charge is 2.76. The molecule has 3 aliphatic heterocycles. The summed E-state index contributed by atoms with van der Waals surface area (Å²) < 4.78 is 4.52. The molecule has 8 nitrogen and oxygen atoms in total. The molecule has 194 valence electrons. The number of hydrogen-bond donors (Lipinski definition) is 1. The van der Waals surface area contributed by atoms with Crippen molar-refractivity contribution in [1.29, 1.82) is 0 Å². The SMILES string of the molecule is C=CCN(C)C(=O)[C@@H]1[C@@H]2CC(C)C3(S2)C(C(=O)N(CC=C)c2ccc(OC)cc2)N(CCO)C(=O)[C@H]13. The van der Waals surface area contributed by atoms with Crippen LogP contribution in [0.3, 0.4) is 0 Å². The van der Waals surface area contributed by atoms with Gasteiger partial charge in [-0.05, 0) is 36.6 Å². The standard InChI is InChI=1S/C27H35N3O5S/c1-6-12-28(4)24(32)21-20-16-17(3)27(36-20)22(21)25(33)30(14-15-31)23(27)26(34)29(13-7-2)18-8-10-19(35-5)11-9-18/h6-11,17,20-23,31H,1-2,12-16H2,3-5H3/t17?,20-,21+,22-,23?,27?/m0/s1. The Balaban J connectivity index is 1.77. The average molecular weight is 514 g/mol. The first-order valence-corrected chi connectivity index (χ1v) is 13.2. The maximum absolute atomic E-state index is 14.4. The van der Waals surface area contributed by atoms with E-state index in [4.69, 9.17) is 4.74 Å². The molecule has 3 aliphatic rings. The quantitative estimate of drug-likeness (QED) is 0.483. The molecule has 4 rings (SSSR count). The van der Waals surface area contributed by atoms with Crippen molar-refractivity contribution in [2.24, 2.45) is 17.8 Å². The monoisotopic (exact) mass is 513 g/mol. The Labute approximate surface area is 216 Å². The summed E-state index contributed by atoms with van der Waals surface area (Å²) in [4.78, 5) is 46.5. The van der Waals surface area contributed by atoms with Gasteiger partial charge < -0.3 is 24.5 Å². The predicted molar refractivity (Wildman–Crippen MR) is 141 cm³/mol. The van der Waals surface area contributed by atoms with Gasteiger partial charge in [0.2, 0.25) is 11.8 Å². The number of β-amino-alcohol motifs (C(OH)–C–C–N with tert-alkyl or cyclic N) is 1. The zero-order valence-electron chi connectivity index (χ0n) is 21.1. The topological polar surface area (TPSA) is 90.4 Å². The summed E-state index contributed by atoms with van der Waals surface area (Å²) in [6.45, 7) is 10.1. The molecular formula is C27H35N3O5S. The predicted octanol–water partition coefficient (Wildman–Crippen LogP) is 2.19. The summed E-state index contributed by atoms with van der Waals surface area (Å²) >= 11 is 1.63. The van der Waals surface area contributed by atoms with Gasteiger partial charge in [-0.3, -0.25) is 14.4 Å². The summed E-state index contributed by atoms with van der Waals surface area (Å²) in [6, 6.07) is 6.39. The molecule has 3 fully saturated rings. The number of ether oxygens (including phenoxy) is 1. The van der Waals surface area contributed by atoms with Crippen LogP contribution in [0, 0.1) is 17.8 Å². The fourth-order valence-corrected chi connectivity index (χ4v) is 8.74. The van der Waals surface area contributed by atoms with E-state index >= 15 is 0 Å². The second-order valence-corrected chi connectivity index (χ2v) is 11.3. The number of benzene rings is 1. The number of amides is 3. The van der Waals surface area contributed by atoms with Gasteiger partial charge in [0.05, 0.1) is 30.3 Å². The number of hydrogen-bond acceptors (Lipinski definition) is 6. The van der Waals surface area contributed by atoms with Crippen LogP contribution in [0.2, 0.25) is 0 Å². The van der Waals surface area contributed by atoms with Gasteiger partial charge in [-0.1, -0.05) is 19.1 Å². The summed E-state index contributed by atoms with van der Waals surface area (Å²) in [5, 5.41) is 9.82. The third-order valence-electron chi connectivity index (χ3n) is 7.85. The Morgan fingerprint density at radius 1 is 1.22 bits per heavy atom. The number of likely N-dealkylation sites (N-methyl/N-ethyl adjacent to an activating group) is 1. The molecule has 3 saturated heterocycles. The number of rotatable bonds is 10. The number of carbonyl (C=O) groups is 3. The van der Waals surface area contributed by atoms with E-state index < -0.39 is 22.6 Å². The van der Waals surface area contributed by atoms with E-state index in [1.807, 2.05) is 12.1 Å². The molecule has 1 N–H and O–H groups in total. The molecule has 1 aromatic rings. The zero-order chi connectivity index (χ0) is 26.2. The van der Waals surface area contributed by atoms with Crippen molar-refractivity contribution >= 4 is 35.2 Å². The fourth-order valence-electron chi connectivity index (χ4n) is 6.33. The Hall–Kier alpha value is -2.78. The molecule has 0 saturated carbocycles. The van der Waals surface area contributed by atoms with Gasteiger partial charge in [0.1, 0.15) is 11.8 Å². The zero-order valence-corrected chi connectivity index (χ0v) is 21.9. The number of nitrogens with zero attached hydrogens (tertiary/aromatic N) is 3. The van der Waals surface area contributed by atoms with Crippen molar-refractivity contribution in [1.82, 2.24) is 9.80 Å². The number of anilines is 1. The second kappa shape index (κ2) is 10.3. The number of likely N-dealkylation sites (tertiary alicyclic amines) is 1. The Morgan fingerprint density at radius 2 is 1.89 bits per heavy atom. The first-order valence-electron chi connectivity index (χ1n) is 12.3. The van der Waals surface area contributed by atoms with Gasteiger partial charge in [-0.25, -0.2) is 0 Å². The first-order chi connectivity index (χ1) is 17.3. The smallest absolute Gasteiger partial charge is 0.251 e. The highest BCUT2D eigenvalue weighted by molar-refractivity contribution is 8.02. The van der Waals surface area contributed by atoms with Crippen LogP contribution in [0.15, 0.2) is 49.6 Å². The van der Waals surface area contributed by atoms with Crippen LogP contribution in [-0.2, 0) is 14.4 Å². The fraction of sp³-hybridized carbons (Fsp3) is 0.519. The van der Waals surface area contributed by atoms with Crippen molar-refractivity contribution in [2.45, 2.75) is 29.4 Å². The molecule has 0 aromatic heterocycles. The number of thioether (sulfide) groups is 1. The summed E-state index contributed by atoms with van der Waals surface area (Å²) in [5.41, 5.74) is 0.667. The van der Waals surface area contributed by atoms with E-state index in [1.54, 1.807) is 60.0 Å². The highest BCUT2D eigenvalue weighted by atomic mass is 32.2. The molecule has 6 atom stereocenters. The third-order valence-corrected chi connectivity index (χ3v) is 9.92. The van der Waals surface area contributed by atoms with E-state index in [2.05, 4.69) is 20.1 Å². The van der Waals surface area contributed by atoms with Gasteiger partial charge >= 0.3 is 0 Å². The van der Waals surface area contributed by atoms with Gasteiger partial charge in [-0.15, -0.1) is 24.9 Å². The van der Waals surface area contributed by atoms with Crippen molar-refractivity contribution in [3.05, 3.63) is 49.6 Å². The molecule has 3 heterocycles. The van der Waals surface area contributed by atoms with E-state index in [0.29, 0.717) is 18.0 Å². The van der Waals surface area contributed by atoms with Gasteiger partial charge in [0, 0.05) is 37.6 Å². The van der Waals surface area contributed by atoms with E-state index in [1.165, 1.54) is 4.90 Å². The Kier molecular flexibility index (Phi) is 7.52. The maximum Gasteiger partial charge on any atom is 0.251 e. The molecule has 1 aromatic carbocycles. The number of carbonyl (C=O) groups excluding carboxylic acids is 3. The molecule has 0 aliphatic carbocycles. The van der Waals surface area contributed by atoms with Gasteiger partial charge in [0.15, 0.2) is 0 Å². The number of fused-ring (bicyclic) bond motifs is 1.